The van der Waals surface area contributed by atoms with Gasteiger partial charge in [0.25, 0.3) is 0 Å². The number of hydrogen-bond acceptors (Lipinski definition) is 2. The molecule has 0 unspecified atom stereocenters. The molecule has 1 aromatic rings. The first-order valence-electron chi connectivity index (χ1n) is 6.40. The summed E-state index contributed by atoms with van der Waals surface area (Å²) >= 11 is 2.37. The van der Waals surface area contributed by atoms with Gasteiger partial charge in [-0.3, -0.25) is 4.55 Å². The van der Waals surface area contributed by atoms with Crippen LogP contribution in [0.25, 0.3) is 0 Å². The summed E-state index contributed by atoms with van der Waals surface area (Å²) in [6, 6.07) is 9.06. The second-order valence-electron chi connectivity index (χ2n) is 4.81. The third-order valence-corrected chi connectivity index (χ3v) is 4.54. The van der Waals surface area contributed by atoms with Crippen LogP contribution in [0.5, 0.6) is 0 Å². The van der Waals surface area contributed by atoms with E-state index in [0.29, 0.717) is 0 Å². The third-order valence-electron chi connectivity index (χ3n) is 3.24. The highest BCUT2D eigenvalue weighted by molar-refractivity contribution is 14.1. The van der Waals surface area contributed by atoms with Gasteiger partial charge in [0.1, 0.15) is 0 Å². The summed E-state index contributed by atoms with van der Waals surface area (Å²) in [7, 11) is -5.84. The van der Waals surface area contributed by atoms with Crippen molar-refractivity contribution in [2.75, 3.05) is 0 Å². The zero-order valence-corrected chi connectivity index (χ0v) is 14.1. The van der Waals surface area contributed by atoms with Gasteiger partial charge in [0, 0.05) is 3.57 Å². The summed E-state index contributed by atoms with van der Waals surface area (Å²) in [4.78, 5) is 0. The van der Waals surface area contributed by atoms with Gasteiger partial charge in [0.05, 0.1) is 0 Å². The highest BCUT2D eigenvalue weighted by Gasteiger charge is 2.44. The van der Waals surface area contributed by atoms with E-state index in [4.69, 9.17) is 13.0 Å². The molecule has 0 spiro atoms. The van der Waals surface area contributed by atoms with Crippen LogP contribution in [0.3, 0.4) is 0 Å². The Balaban J connectivity index is 0.000000240. The van der Waals surface area contributed by atoms with Crippen molar-refractivity contribution in [2.45, 2.75) is 43.5 Å². The van der Waals surface area contributed by atoms with Gasteiger partial charge in [-0.1, -0.05) is 31.4 Å². The molecule has 21 heavy (non-hydrogen) atoms. The van der Waals surface area contributed by atoms with Crippen molar-refractivity contribution in [1.82, 2.24) is 0 Å². The number of rotatable bonds is 1. The van der Waals surface area contributed by atoms with Crippen LogP contribution >= 0.6 is 22.6 Å². The third kappa shape index (κ3) is 6.52. The lowest BCUT2D eigenvalue weighted by molar-refractivity contribution is -0.0510. The maximum absolute atomic E-state index is 10.7. The highest BCUT2D eigenvalue weighted by Crippen LogP contribution is 2.32. The Kier molecular flexibility index (Phi) is 6.92. The van der Waals surface area contributed by atoms with Crippen molar-refractivity contribution in [3.8, 4) is 0 Å². The normalized spacial score (nSPS) is 17.0. The molecular formula is C13H16F3IO3S. The molecule has 0 radical (unpaired) electrons. The van der Waals surface area contributed by atoms with E-state index in [1.54, 1.807) is 5.56 Å². The van der Waals surface area contributed by atoms with Gasteiger partial charge in [-0.25, -0.2) is 0 Å². The number of hydrogen-bond donors (Lipinski definition) is 1. The summed E-state index contributed by atoms with van der Waals surface area (Å²) < 4.78 is 58.9. The lowest BCUT2D eigenvalue weighted by atomic mass is 9.84. The maximum Gasteiger partial charge on any atom is 0.522 e. The number of halogens is 4. The Morgan fingerprint density at radius 2 is 1.48 bits per heavy atom. The van der Waals surface area contributed by atoms with Gasteiger partial charge in [0.2, 0.25) is 0 Å². The molecule has 1 aliphatic rings. The standard InChI is InChI=1S/C12H15I.CHF3O3S/c13-12-8-6-11(7-9-12)10-4-2-1-3-5-10;2-1(3,4)8(5,6)7/h6-10H,1-5H2;(H,5,6,7). The van der Waals surface area contributed by atoms with Crippen molar-refractivity contribution < 1.29 is 26.1 Å². The predicted molar refractivity (Wildman–Crippen MR) is 82.6 cm³/mol. The molecule has 1 N–H and O–H groups in total. The lowest BCUT2D eigenvalue weighted by Crippen LogP contribution is -2.21. The SMILES string of the molecule is Ic1ccc(C2CCCCC2)cc1.O=S(=O)(O)C(F)(F)F. The average molecular weight is 436 g/mol. The minimum atomic E-state index is -5.84. The van der Waals surface area contributed by atoms with E-state index in [2.05, 4.69) is 46.9 Å². The van der Waals surface area contributed by atoms with Crippen molar-refractivity contribution in [1.29, 1.82) is 0 Å². The van der Waals surface area contributed by atoms with Crippen LogP contribution in [-0.2, 0) is 10.1 Å². The first-order chi connectivity index (χ1) is 9.61. The number of alkyl halides is 3. The topological polar surface area (TPSA) is 54.4 Å². The van der Waals surface area contributed by atoms with Gasteiger partial charge in [-0.15, -0.1) is 0 Å². The van der Waals surface area contributed by atoms with Crippen molar-refractivity contribution in [3.05, 3.63) is 33.4 Å². The smallest absolute Gasteiger partial charge is 0.279 e. The van der Waals surface area contributed by atoms with Crippen molar-refractivity contribution in [3.63, 3.8) is 0 Å². The fraction of sp³-hybridized carbons (Fsp3) is 0.538. The van der Waals surface area contributed by atoms with Gasteiger partial charge < -0.3 is 0 Å². The summed E-state index contributed by atoms with van der Waals surface area (Å²) in [5.74, 6) is 0.853. The van der Waals surface area contributed by atoms with Gasteiger partial charge in [0.15, 0.2) is 0 Å². The molecule has 120 valence electrons. The molecular weight excluding hydrogens is 420 g/mol. The maximum atomic E-state index is 10.7. The predicted octanol–water partition coefficient (Wildman–Crippen LogP) is 4.73. The van der Waals surface area contributed by atoms with Gasteiger partial charge in [-0.2, -0.15) is 21.6 Å². The minimum absolute atomic E-state index is 0.853. The van der Waals surface area contributed by atoms with Crippen LogP contribution in [0, 0.1) is 3.57 Å². The zero-order chi connectivity index (χ0) is 16.1. The van der Waals surface area contributed by atoms with Crippen LogP contribution in [0.15, 0.2) is 24.3 Å². The van der Waals surface area contributed by atoms with Crippen LogP contribution < -0.4 is 0 Å². The first kappa shape index (κ1) is 18.7. The molecule has 0 amide bonds. The molecule has 1 saturated carbocycles. The van der Waals surface area contributed by atoms with Crippen molar-refractivity contribution in [2.24, 2.45) is 0 Å². The molecule has 1 aromatic carbocycles. The molecule has 3 nitrogen and oxygen atoms in total. The second kappa shape index (κ2) is 7.77. The zero-order valence-electron chi connectivity index (χ0n) is 11.1. The van der Waals surface area contributed by atoms with E-state index in [1.165, 1.54) is 35.7 Å². The van der Waals surface area contributed by atoms with E-state index in [1.807, 2.05) is 0 Å². The Hall–Kier alpha value is -0.350. The van der Waals surface area contributed by atoms with Crippen LogP contribution in [0.1, 0.15) is 43.6 Å². The molecule has 1 fully saturated rings. The molecule has 1 aliphatic carbocycles. The van der Waals surface area contributed by atoms with Gasteiger partial charge >= 0.3 is 15.6 Å². The molecule has 0 atom stereocenters. The molecule has 0 aliphatic heterocycles. The van der Waals surface area contributed by atoms with Crippen LogP contribution in [-0.4, -0.2) is 18.5 Å². The summed E-state index contributed by atoms with van der Waals surface area (Å²) in [5.41, 5.74) is -3.98. The van der Waals surface area contributed by atoms with Crippen molar-refractivity contribution >= 4 is 32.7 Å². The largest absolute Gasteiger partial charge is 0.522 e. The first-order valence-corrected chi connectivity index (χ1v) is 8.92. The summed E-state index contributed by atoms with van der Waals surface area (Å²) in [6.45, 7) is 0. The van der Waals surface area contributed by atoms with Crippen LogP contribution in [0.4, 0.5) is 13.2 Å². The Bertz CT molecular complexity index is 535. The fourth-order valence-corrected chi connectivity index (χ4v) is 2.53. The Morgan fingerprint density at radius 1 is 1.05 bits per heavy atom. The molecule has 8 heteroatoms. The van der Waals surface area contributed by atoms with E-state index in [0.717, 1.165) is 5.92 Å². The Morgan fingerprint density at radius 3 is 1.86 bits per heavy atom. The second-order valence-corrected chi connectivity index (χ2v) is 7.47. The summed E-state index contributed by atoms with van der Waals surface area (Å²) in [5, 5.41) is 0. The highest BCUT2D eigenvalue weighted by atomic mass is 127. The van der Waals surface area contributed by atoms with E-state index >= 15 is 0 Å². The van der Waals surface area contributed by atoms with E-state index < -0.39 is 15.6 Å². The monoisotopic (exact) mass is 436 g/mol. The van der Waals surface area contributed by atoms with E-state index in [9.17, 15) is 13.2 Å². The average Bonchev–Trinajstić information content (AvgIpc) is 2.39. The molecule has 0 heterocycles. The quantitative estimate of drug-likeness (QED) is 0.394. The van der Waals surface area contributed by atoms with Gasteiger partial charge in [-0.05, 0) is 59.0 Å². The summed E-state index contributed by atoms with van der Waals surface area (Å²) in [6.07, 6.45) is 7.11. The molecule has 0 aromatic heterocycles. The lowest BCUT2D eigenvalue weighted by Gasteiger charge is -2.21. The minimum Gasteiger partial charge on any atom is -0.279 e. The van der Waals surface area contributed by atoms with Crippen LogP contribution in [0.2, 0.25) is 0 Å². The fourth-order valence-electron chi connectivity index (χ4n) is 2.17. The van der Waals surface area contributed by atoms with E-state index in [-0.39, 0.29) is 0 Å². The molecule has 0 bridgehead atoms. The Labute approximate surface area is 135 Å². The number of benzene rings is 1. The molecule has 0 saturated heterocycles. The molecule has 2 rings (SSSR count).